The fraction of sp³-hybridized carbons (Fsp3) is 0.353. The number of nitrogens with one attached hydrogen (secondary N) is 1. The number of carbonyl (C=O) groups excluding carboxylic acids is 1. The normalized spacial score (nSPS) is 19.9. The summed E-state index contributed by atoms with van der Waals surface area (Å²) in [5.74, 6) is 0.0843. The van der Waals surface area contributed by atoms with Crippen LogP contribution in [0.5, 0.6) is 0 Å². The molecule has 1 aromatic heterocycles. The zero-order chi connectivity index (χ0) is 18.1. The molecule has 0 unspecified atom stereocenters. The van der Waals surface area contributed by atoms with E-state index in [0.29, 0.717) is 17.9 Å². The van der Waals surface area contributed by atoms with Gasteiger partial charge < -0.3 is 19.7 Å². The van der Waals surface area contributed by atoms with Crippen LogP contribution in [0.1, 0.15) is 29.7 Å². The molecule has 1 aliphatic rings. The Balaban J connectivity index is 1.74. The highest BCUT2D eigenvalue weighted by Gasteiger charge is 2.34. The Morgan fingerprint density at radius 3 is 2.84 bits per heavy atom. The highest BCUT2D eigenvalue weighted by molar-refractivity contribution is 9.10. The third kappa shape index (κ3) is 3.68. The molecule has 8 heteroatoms. The van der Waals surface area contributed by atoms with Gasteiger partial charge in [0, 0.05) is 28.7 Å². The van der Waals surface area contributed by atoms with Gasteiger partial charge in [0.25, 0.3) is 5.89 Å². The first-order valence-electron chi connectivity index (χ1n) is 7.89. The Bertz CT molecular complexity index is 820. The number of hydrogen-bond donors (Lipinski definition) is 2. The van der Waals surface area contributed by atoms with Crippen LogP contribution in [0, 0.1) is 6.92 Å². The van der Waals surface area contributed by atoms with Crippen LogP contribution >= 0.6 is 15.9 Å². The Hall–Kier alpha value is -2.35. The van der Waals surface area contributed by atoms with Gasteiger partial charge in [-0.15, -0.1) is 0 Å². The molecule has 1 aliphatic heterocycles. The Labute approximate surface area is 153 Å². The summed E-state index contributed by atoms with van der Waals surface area (Å²) >= 11 is 3.41. The summed E-state index contributed by atoms with van der Waals surface area (Å²) in [6.07, 6.45) is -0.413. The van der Waals surface area contributed by atoms with Crippen LogP contribution in [0.25, 0.3) is 11.3 Å². The minimum atomic E-state index is -0.979. The van der Waals surface area contributed by atoms with E-state index in [4.69, 9.17) is 9.52 Å². The number of benzene rings is 1. The van der Waals surface area contributed by atoms with Gasteiger partial charge in [-0.1, -0.05) is 28.1 Å². The number of carbonyl (C=O) groups is 2. The Morgan fingerprint density at radius 2 is 2.20 bits per heavy atom. The molecule has 0 aliphatic carbocycles. The van der Waals surface area contributed by atoms with Crippen LogP contribution in [-0.2, 0) is 0 Å². The third-order valence-corrected chi connectivity index (χ3v) is 4.73. The van der Waals surface area contributed by atoms with Gasteiger partial charge in [0.05, 0.1) is 5.69 Å². The number of amides is 2. The number of aryl methyl sites for hydroxylation is 1. The molecule has 2 N–H and O–H groups in total. The van der Waals surface area contributed by atoms with Crippen LogP contribution in [0.4, 0.5) is 4.79 Å². The lowest BCUT2D eigenvalue weighted by molar-refractivity contribution is 0.0901. The van der Waals surface area contributed by atoms with E-state index in [1.165, 1.54) is 4.90 Å². The molecule has 0 radical (unpaired) electrons. The monoisotopic (exact) mass is 407 g/mol. The molecular formula is C17H18BrN3O4. The fourth-order valence-corrected chi connectivity index (χ4v) is 3.44. The summed E-state index contributed by atoms with van der Waals surface area (Å²) < 4.78 is 6.56. The SMILES string of the molecule is Cc1nc(C(=O)N[C@@H]2C[C@@H](C)N(C(=O)O)C2)oc1-c1cccc(Br)c1. The van der Waals surface area contributed by atoms with E-state index in [1.54, 1.807) is 6.92 Å². The molecule has 2 amide bonds. The lowest BCUT2D eigenvalue weighted by atomic mass is 10.1. The van der Waals surface area contributed by atoms with Crippen LogP contribution in [0.2, 0.25) is 0 Å². The zero-order valence-electron chi connectivity index (χ0n) is 13.8. The second kappa shape index (κ2) is 6.87. The highest BCUT2D eigenvalue weighted by atomic mass is 79.9. The summed E-state index contributed by atoms with van der Waals surface area (Å²) in [5, 5.41) is 11.9. The lowest BCUT2D eigenvalue weighted by Crippen LogP contribution is -2.38. The maximum absolute atomic E-state index is 12.4. The van der Waals surface area contributed by atoms with E-state index < -0.39 is 12.0 Å². The first-order valence-corrected chi connectivity index (χ1v) is 8.68. The molecule has 3 rings (SSSR count). The van der Waals surface area contributed by atoms with Gasteiger partial charge in [-0.3, -0.25) is 4.79 Å². The van der Waals surface area contributed by atoms with Crippen molar-refractivity contribution in [1.82, 2.24) is 15.2 Å². The summed E-state index contributed by atoms with van der Waals surface area (Å²) in [6.45, 7) is 3.86. The maximum atomic E-state index is 12.4. The zero-order valence-corrected chi connectivity index (χ0v) is 15.4. The molecule has 1 aromatic carbocycles. The summed E-state index contributed by atoms with van der Waals surface area (Å²) in [4.78, 5) is 29.1. The maximum Gasteiger partial charge on any atom is 0.407 e. The van der Waals surface area contributed by atoms with Gasteiger partial charge in [0.15, 0.2) is 5.76 Å². The van der Waals surface area contributed by atoms with E-state index in [0.717, 1.165) is 10.0 Å². The number of aromatic nitrogens is 1. The third-order valence-electron chi connectivity index (χ3n) is 4.23. The molecule has 0 spiro atoms. The van der Waals surface area contributed by atoms with Gasteiger partial charge in [-0.25, -0.2) is 9.78 Å². The summed E-state index contributed by atoms with van der Waals surface area (Å²) in [6, 6.07) is 7.16. The molecule has 1 fully saturated rings. The molecule has 2 aromatic rings. The van der Waals surface area contributed by atoms with E-state index in [1.807, 2.05) is 31.2 Å². The molecule has 132 valence electrons. The standard InChI is InChI=1S/C17H18BrN3O4/c1-9-6-13(8-21(9)17(23)24)20-15(22)16-19-10(2)14(25-16)11-4-3-5-12(18)7-11/h3-5,7,9,13H,6,8H2,1-2H3,(H,20,22)(H,23,24)/t9-,13-/m1/s1. The molecule has 0 saturated carbocycles. The molecule has 2 atom stereocenters. The van der Waals surface area contributed by atoms with E-state index in [-0.39, 0.29) is 24.5 Å². The van der Waals surface area contributed by atoms with Crippen molar-refractivity contribution in [3.8, 4) is 11.3 Å². The number of oxazole rings is 1. The summed E-state index contributed by atoms with van der Waals surface area (Å²) in [7, 11) is 0. The number of hydrogen-bond acceptors (Lipinski definition) is 4. The van der Waals surface area contributed by atoms with Gasteiger partial charge in [-0.05, 0) is 32.4 Å². The molecule has 0 bridgehead atoms. The van der Waals surface area contributed by atoms with Crippen molar-refractivity contribution in [2.24, 2.45) is 0 Å². The summed E-state index contributed by atoms with van der Waals surface area (Å²) in [5.41, 5.74) is 1.44. The smallest absolute Gasteiger partial charge is 0.407 e. The van der Waals surface area contributed by atoms with E-state index >= 15 is 0 Å². The number of nitrogens with zero attached hydrogens (tertiary/aromatic N) is 2. The van der Waals surface area contributed by atoms with Gasteiger partial charge >= 0.3 is 12.0 Å². The fourth-order valence-electron chi connectivity index (χ4n) is 3.04. The average Bonchev–Trinajstić information content (AvgIpc) is 3.10. The van der Waals surface area contributed by atoms with E-state index in [9.17, 15) is 9.59 Å². The number of likely N-dealkylation sites (tertiary alicyclic amines) is 1. The van der Waals surface area contributed by atoms with Crippen LogP contribution in [-0.4, -0.2) is 45.6 Å². The van der Waals surface area contributed by atoms with Crippen molar-refractivity contribution in [2.45, 2.75) is 32.4 Å². The predicted octanol–water partition coefficient (Wildman–Crippen LogP) is 3.28. The Kier molecular flexibility index (Phi) is 4.80. The van der Waals surface area contributed by atoms with Crippen molar-refractivity contribution in [1.29, 1.82) is 0 Å². The lowest BCUT2D eigenvalue weighted by Gasteiger charge is -2.16. The first-order chi connectivity index (χ1) is 11.8. The van der Waals surface area contributed by atoms with Crippen molar-refractivity contribution in [3.63, 3.8) is 0 Å². The predicted molar refractivity (Wildman–Crippen MR) is 94.4 cm³/mol. The van der Waals surface area contributed by atoms with Gasteiger partial charge in [0.1, 0.15) is 0 Å². The second-order valence-electron chi connectivity index (χ2n) is 6.13. The Morgan fingerprint density at radius 1 is 1.44 bits per heavy atom. The van der Waals surface area contributed by atoms with Crippen molar-refractivity contribution < 1.29 is 19.1 Å². The topological polar surface area (TPSA) is 95.7 Å². The molecule has 25 heavy (non-hydrogen) atoms. The van der Waals surface area contributed by atoms with Gasteiger partial charge in [0.2, 0.25) is 0 Å². The molecule has 1 saturated heterocycles. The van der Waals surface area contributed by atoms with Gasteiger partial charge in [-0.2, -0.15) is 0 Å². The molecular weight excluding hydrogens is 390 g/mol. The average molecular weight is 408 g/mol. The number of halogens is 1. The first kappa shape index (κ1) is 17.5. The molecule has 2 heterocycles. The minimum Gasteiger partial charge on any atom is -0.465 e. The van der Waals surface area contributed by atoms with Crippen LogP contribution in [0.15, 0.2) is 33.2 Å². The number of carboxylic acid groups (broad SMARTS) is 1. The quantitative estimate of drug-likeness (QED) is 0.813. The largest absolute Gasteiger partial charge is 0.465 e. The van der Waals surface area contributed by atoms with E-state index in [2.05, 4.69) is 26.2 Å². The van der Waals surface area contributed by atoms with Crippen LogP contribution < -0.4 is 5.32 Å². The van der Waals surface area contributed by atoms with Crippen molar-refractivity contribution in [2.75, 3.05) is 6.54 Å². The number of rotatable bonds is 3. The van der Waals surface area contributed by atoms with Crippen molar-refractivity contribution in [3.05, 3.63) is 40.3 Å². The highest BCUT2D eigenvalue weighted by Crippen LogP contribution is 2.27. The van der Waals surface area contributed by atoms with Crippen molar-refractivity contribution >= 4 is 27.9 Å². The molecule has 7 nitrogen and oxygen atoms in total. The minimum absolute atomic E-state index is 0.0195. The van der Waals surface area contributed by atoms with Crippen LogP contribution in [0.3, 0.4) is 0 Å². The second-order valence-corrected chi connectivity index (χ2v) is 7.05.